The molecule has 1 aromatic heterocycles. The topological polar surface area (TPSA) is 29.9 Å². The van der Waals surface area contributed by atoms with E-state index in [1.54, 1.807) is 6.07 Å². The van der Waals surface area contributed by atoms with E-state index in [-0.39, 0.29) is 0 Å². The van der Waals surface area contributed by atoms with Crippen molar-refractivity contribution in [2.24, 2.45) is 0 Å². The average molecular weight is 310 g/mol. The predicted octanol–water partition coefficient (Wildman–Crippen LogP) is 4.92. The maximum atomic E-state index is 6.15. The van der Waals surface area contributed by atoms with Crippen molar-refractivity contribution >= 4 is 28.9 Å². The summed E-state index contributed by atoms with van der Waals surface area (Å²) in [6.07, 6.45) is 7.20. The zero-order valence-corrected chi connectivity index (χ0v) is 12.7. The normalized spacial score (nSPS) is 15.7. The number of halogens is 2. The zero-order valence-electron chi connectivity index (χ0n) is 11.1. The number of benzene rings is 1. The number of hydrogen-bond donors (Lipinski definition) is 1. The Morgan fingerprint density at radius 3 is 2.80 bits per heavy atom. The van der Waals surface area contributed by atoms with E-state index in [4.69, 9.17) is 23.2 Å². The van der Waals surface area contributed by atoms with Gasteiger partial charge in [0.15, 0.2) is 0 Å². The van der Waals surface area contributed by atoms with Gasteiger partial charge < -0.3 is 5.32 Å². The second kappa shape index (κ2) is 6.06. The van der Waals surface area contributed by atoms with Crippen LogP contribution in [0.4, 0.5) is 5.69 Å². The molecule has 0 saturated heterocycles. The summed E-state index contributed by atoms with van der Waals surface area (Å²) in [6, 6.07) is 8.22. The fourth-order valence-electron chi connectivity index (χ4n) is 2.67. The lowest BCUT2D eigenvalue weighted by atomic mass is 10.3. The fraction of sp³-hybridized carbons (Fsp3) is 0.400. The molecule has 1 aliphatic rings. The molecule has 0 aliphatic heterocycles. The second-order valence-corrected chi connectivity index (χ2v) is 5.97. The molecular weight excluding hydrogens is 293 g/mol. The highest BCUT2D eigenvalue weighted by atomic mass is 35.5. The molecule has 1 heterocycles. The van der Waals surface area contributed by atoms with Gasteiger partial charge in [-0.05, 0) is 31.0 Å². The van der Waals surface area contributed by atoms with Crippen molar-refractivity contribution in [1.29, 1.82) is 0 Å². The van der Waals surface area contributed by atoms with Crippen LogP contribution in [0.1, 0.15) is 37.4 Å². The van der Waals surface area contributed by atoms with Crippen LogP contribution in [0.15, 0.2) is 30.5 Å². The first-order chi connectivity index (χ1) is 9.74. The van der Waals surface area contributed by atoms with Gasteiger partial charge in [0.05, 0.1) is 34.0 Å². The van der Waals surface area contributed by atoms with E-state index in [2.05, 4.69) is 27.4 Å². The molecule has 3 nitrogen and oxygen atoms in total. The third kappa shape index (κ3) is 2.94. The number of hydrogen-bond acceptors (Lipinski definition) is 2. The highest BCUT2D eigenvalue weighted by molar-refractivity contribution is 6.43. The van der Waals surface area contributed by atoms with E-state index in [1.165, 1.54) is 25.7 Å². The molecule has 0 radical (unpaired) electrons. The molecule has 1 aliphatic carbocycles. The van der Waals surface area contributed by atoms with Gasteiger partial charge in [-0.3, -0.25) is 4.68 Å². The minimum Gasteiger partial charge on any atom is -0.378 e. The van der Waals surface area contributed by atoms with Crippen molar-refractivity contribution in [1.82, 2.24) is 9.78 Å². The average Bonchev–Trinajstić information content (AvgIpc) is 3.10. The van der Waals surface area contributed by atoms with Crippen molar-refractivity contribution in [3.8, 4) is 0 Å². The Balaban J connectivity index is 1.65. The first kappa shape index (κ1) is 13.8. The van der Waals surface area contributed by atoms with Gasteiger partial charge in [-0.2, -0.15) is 5.10 Å². The smallest absolute Gasteiger partial charge is 0.0823 e. The molecule has 0 bridgehead atoms. The molecule has 2 aromatic rings. The molecule has 1 fully saturated rings. The molecule has 20 heavy (non-hydrogen) atoms. The van der Waals surface area contributed by atoms with E-state index in [1.807, 2.05) is 12.1 Å². The van der Waals surface area contributed by atoms with Crippen molar-refractivity contribution in [2.45, 2.75) is 38.3 Å². The monoisotopic (exact) mass is 309 g/mol. The van der Waals surface area contributed by atoms with Gasteiger partial charge >= 0.3 is 0 Å². The van der Waals surface area contributed by atoms with Crippen LogP contribution < -0.4 is 5.32 Å². The molecule has 0 atom stereocenters. The van der Waals surface area contributed by atoms with Gasteiger partial charge in [-0.1, -0.05) is 42.1 Å². The zero-order chi connectivity index (χ0) is 13.9. The van der Waals surface area contributed by atoms with Crippen LogP contribution in [0.25, 0.3) is 0 Å². The number of nitrogens with zero attached hydrogens (tertiary/aromatic N) is 2. The number of aromatic nitrogens is 2. The Hall–Kier alpha value is -1.19. The van der Waals surface area contributed by atoms with Gasteiger partial charge in [-0.15, -0.1) is 0 Å². The van der Waals surface area contributed by atoms with E-state index >= 15 is 0 Å². The summed E-state index contributed by atoms with van der Waals surface area (Å²) < 4.78 is 2.10. The van der Waals surface area contributed by atoms with Crippen LogP contribution in [0.5, 0.6) is 0 Å². The number of rotatable bonds is 4. The van der Waals surface area contributed by atoms with Gasteiger partial charge in [-0.25, -0.2) is 0 Å². The van der Waals surface area contributed by atoms with E-state index in [0.717, 1.165) is 11.4 Å². The van der Waals surface area contributed by atoms with Crippen LogP contribution >= 0.6 is 23.2 Å². The molecule has 0 amide bonds. The predicted molar refractivity (Wildman–Crippen MR) is 83.5 cm³/mol. The summed E-state index contributed by atoms with van der Waals surface area (Å²) in [6.45, 7) is 0.653. The SMILES string of the molecule is Clc1cccc(NCc2ccn(C3CCCC3)n2)c1Cl. The molecule has 5 heteroatoms. The molecule has 106 valence electrons. The van der Waals surface area contributed by atoms with Crippen LogP contribution in [0, 0.1) is 0 Å². The van der Waals surface area contributed by atoms with Crippen molar-refractivity contribution in [3.63, 3.8) is 0 Å². The molecular formula is C15H17Cl2N3. The summed E-state index contributed by atoms with van der Waals surface area (Å²) in [5.74, 6) is 0. The second-order valence-electron chi connectivity index (χ2n) is 5.18. The van der Waals surface area contributed by atoms with Crippen LogP contribution in [-0.2, 0) is 6.54 Å². The molecule has 1 aromatic carbocycles. The maximum Gasteiger partial charge on any atom is 0.0823 e. The quantitative estimate of drug-likeness (QED) is 0.869. The Bertz CT molecular complexity index is 589. The van der Waals surface area contributed by atoms with Crippen LogP contribution in [0.3, 0.4) is 0 Å². The van der Waals surface area contributed by atoms with Crippen molar-refractivity contribution in [2.75, 3.05) is 5.32 Å². The standard InChI is InChI=1S/C15H17Cl2N3/c16-13-6-3-7-14(15(13)17)18-10-11-8-9-20(19-11)12-4-1-2-5-12/h3,6-9,12,18H,1-2,4-5,10H2. The number of nitrogens with one attached hydrogen (secondary N) is 1. The largest absolute Gasteiger partial charge is 0.378 e. The van der Waals surface area contributed by atoms with Gasteiger partial charge in [0.2, 0.25) is 0 Å². The first-order valence-corrected chi connectivity index (χ1v) is 7.71. The third-order valence-electron chi connectivity index (χ3n) is 3.77. The molecule has 0 spiro atoms. The lowest BCUT2D eigenvalue weighted by Gasteiger charge is -2.10. The fourth-order valence-corrected chi connectivity index (χ4v) is 3.04. The Kier molecular flexibility index (Phi) is 4.18. The molecule has 1 saturated carbocycles. The van der Waals surface area contributed by atoms with Crippen molar-refractivity contribution in [3.05, 3.63) is 46.2 Å². The highest BCUT2D eigenvalue weighted by Crippen LogP contribution is 2.30. The Morgan fingerprint density at radius 2 is 2.00 bits per heavy atom. The molecule has 3 rings (SSSR count). The molecule has 0 unspecified atom stereocenters. The summed E-state index contributed by atoms with van der Waals surface area (Å²) in [4.78, 5) is 0. The minimum atomic E-state index is 0.560. The summed E-state index contributed by atoms with van der Waals surface area (Å²) >= 11 is 12.1. The Morgan fingerprint density at radius 1 is 1.20 bits per heavy atom. The van der Waals surface area contributed by atoms with E-state index < -0.39 is 0 Å². The maximum absolute atomic E-state index is 6.15. The van der Waals surface area contributed by atoms with Crippen LogP contribution in [-0.4, -0.2) is 9.78 Å². The van der Waals surface area contributed by atoms with Crippen LogP contribution in [0.2, 0.25) is 10.0 Å². The first-order valence-electron chi connectivity index (χ1n) is 6.96. The lowest BCUT2D eigenvalue weighted by Crippen LogP contribution is -2.07. The third-order valence-corrected chi connectivity index (χ3v) is 4.59. The summed E-state index contributed by atoms with van der Waals surface area (Å²) in [5, 5.41) is 9.04. The minimum absolute atomic E-state index is 0.560. The Labute approximate surface area is 128 Å². The summed E-state index contributed by atoms with van der Waals surface area (Å²) in [7, 11) is 0. The summed E-state index contributed by atoms with van der Waals surface area (Å²) in [5.41, 5.74) is 1.86. The van der Waals surface area contributed by atoms with Gasteiger partial charge in [0.25, 0.3) is 0 Å². The van der Waals surface area contributed by atoms with Crippen molar-refractivity contribution < 1.29 is 0 Å². The van der Waals surface area contributed by atoms with E-state index in [9.17, 15) is 0 Å². The van der Waals surface area contributed by atoms with Gasteiger partial charge in [0.1, 0.15) is 0 Å². The van der Waals surface area contributed by atoms with E-state index in [0.29, 0.717) is 22.6 Å². The number of anilines is 1. The van der Waals surface area contributed by atoms with Gasteiger partial charge in [0, 0.05) is 6.20 Å². The lowest BCUT2D eigenvalue weighted by molar-refractivity contribution is 0.463. The highest BCUT2D eigenvalue weighted by Gasteiger charge is 2.17. The molecule has 1 N–H and O–H groups in total.